The topological polar surface area (TPSA) is 90.4 Å². The highest BCUT2D eigenvalue weighted by Crippen LogP contribution is 2.40. The molecule has 1 aliphatic rings. The number of hydrogen-bond donors (Lipinski definition) is 1. The molecule has 1 fully saturated rings. The molecule has 26 heavy (non-hydrogen) atoms. The van der Waals surface area contributed by atoms with Crippen LogP contribution in [0.4, 0.5) is 5.69 Å². The molecule has 0 bridgehead atoms. The van der Waals surface area contributed by atoms with Gasteiger partial charge in [0, 0.05) is 18.1 Å². The van der Waals surface area contributed by atoms with Crippen LogP contribution in [-0.4, -0.2) is 32.3 Å². The van der Waals surface area contributed by atoms with Crippen LogP contribution in [0.3, 0.4) is 0 Å². The Morgan fingerprint density at radius 1 is 1.23 bits per heavy atom. The number of non-ortho nitro benzene ring substituents is 1. The molecule has 1 heterocycles. The van der Waals surface area contributed by atoms with Gasteiger partial charge in [-0.25, -0.2) is 4.98 Å². The van der Waals surface area contributed by atoms with Crippen LogP contribution < -0.4 is 4.74 Å². The van der Waals surface area contributed by atoms with Gasteiger partial charge in [-0.05, 0) is 37.1 Å². The number of benzene rings is 2. The first-order chi connectivity index (χ1) is 12.6. The Kier molecular flexibility index (Phi) is 4.30. The van der Waals surface area contributed by atoms with Gasteiger partial charge < -0.3 is 14.4 Å². The third-order valence-corrected chi connectivity index (χ3v) is 4.51. The van der Waals surface area contributed by atoms with E-state index in [2.05, 4.69) is 4.57 Å². The van der Waals surface area contributed by atoms with E-state index in [0.29, 0.717) is 18.2 Å². The van der Waals surface area contributed by atoms with Gasteiger partial charge in [-0.3, -0.25) is 10.1 Å². The zero-order chi connectivity index (χ0) is 18.1. The second-order valence-electron chi connectivity index (χ2n) is 6.56. The van der Waals surface area contributed by atoms with Crippen LogP contribution in [0.5, 0.6) is 5.75 Å². The van der Waals surface area contributed by atoms with Crippen molar-refractivity contribution in [3.8, 4) is 5.75 Å². The maximum atomic E-state index is 10.7. The fourth-order valence-electron chi connectivity index (χ4n) is 3.06. The molecule has 0 aliphatic heterocycles. The lowest BCUT2D eigenvalue weighted by Crippen LogP contribution is -2.24. The fraction of sp³-hybridized carbons (Fsp3) is 0.316. The molecule has 1 aromatic heterocycles. The van der Waals surface area contributed by atoms with Crippen molar-refractivity contribution in [3.05, 3.63) is 64.5 Å². The van der Waals surface area contributed by atoms with Crippen molar-refractivity contribution in [1.82, 2.24) is 9.55 Å². The molecule has 7 heteroatoms. The smallest absolute Gasteiger partial charge is 0.269 e. The lowest BCUT2D eigenvalue weighted by molar-refractivity contribution is -0.384. The predicted octanol–water partition coefficient (Wildman–Crippen LogP) is 3.26. The Labute approximate surface area is 150 Å². The summed E-state index contributed by atoms with van der Waals surface area (Å²) in [7, 11) is 0. The maximum absolute atomic E-state index is 10.7. The van der Waals surface area contributed by atoms with E-state index in [0.717, 1.165) is 29.7 Å². The van der Waals surface area contributed by atoms with Crippen LogP contribution in [0.2, 0.25) is 0 Å². The second-order valence-corrected chi connectivity index (χ2v) is 6.56. The number of nitrogens with zero attached hydrogens (tertiary/aromatic N) is 3. The van der Waals surface area contributed by atoms with E-state index in [4.69, 9.17) is 9.72 Å². The average Bonchev–Trinajstić information content (AvgIpc) is 3.43. The van der Waals surface area contributed by atoms with E-state index in [-0.39, 0.29) is 12.3 Å². The molecule has 7 nitrogen and oxygen atoms in total. The minimum absolute atomic E-state index is 0.0110. The number of aliphatic hydroxyl groups excluding tert-OH is 1. The minimum Gasteiger partial charge on any atom is -0.491 e. The maximum Gasteiger partial charge on any atom is 0.269 e. The van der Waals surface area contributed by atoms with Gasteiger partial charge in [0.2, 0.25) is 0 Å². The third kappa shape index (κ3) is 3.39. The average molecular weight is 353 g/mol. The molecule has 2 aromatic carbocycles. The highest BCUT2D eigenvalue weighted by molar-refractivity contribution is 5.76. The highest BCUT2D eigenvalue weighted by Gasteiger charge is 2.30. The first-order valence-electron chi connectivity index (χ1n) is 8.62. The van der Waals surface area contributed by atoms with E-state index in [1.165, 1.54) is 24.3 Å². The summed E-state index contributed by atoms with van der Waals surface area (Å²) >= 11 is 0. The number of imidazole rings is 1. The SMILES string of the molecule is O=[N+]([O-])c1ccc(OCC(O)Cn2c(C3CC3)nc3ccccc32)cc1. The molecule has 0 saturated heterocycles. The third-order valence-electron chi connectivity index (χ3n) is 4.51. The highest BCUT2D eigenvalue weighted by atomic mass is 16.6. The van der Waals surface area contributed by atoms with Crippen LogP contribution >= 0.6 is 0 Å². The number of rotatable bonds is 7. The molecule has 0 amide bonds. The van der Waals surface area contributed by atoms with Crippen LogP contribution in [-0.2, 0) is 6.54 Å². The lowest BCUT2D eigenvalue weighted by Gasteiger charge is -2.15. The van der Waals surface area contributed by atoms with Crippen molar-refractivity contribution in [3.63, 3.8) is 0 Å². The number of aliphatic hydroxyl groups is 1. The van der Waals surface area contributed by atoms with Gasteiger partial charge in [0.15, 0.2) is 0 Å². The summed E-state index contributed by atoms with van der Waals surface area (Å²) in [5.41, 5.74) is 1.97. The number of para-hydroxylation sites is 2. The van der Waals surface area contributed by atoms with Crippen molar-refractivity contribution < 1.29 is 14.8 Å². The summed E-state index contributed by atoms with van der Waals surface area (Å²) in [4.78, 5) is 14.9. The Morgan fingerprint density at radius 2 is 1.96 bits per heavy atom. The molecule has 1 saturated carbocycles. The summed E-state index contributed by atoms with van der Waals surface area (Å²) < 4.78 is 7.65. The molecule has 1 aliphatic carbocycles. The molecular weight excluding hydrogens is 334 g/mol. The number of hydrogen-bond acceptors (Lipinski definition) is 5. The fourth-order valence-corrected chi connectivity index (χ4v) is 3.06. The molecule has 134 valence electrons. The Bertz CT molecular complexity index is 932. The van der Waals surface area contributed by atoms with E-state index < -0.39 is 11.0 Å². The van der Waals surface area contributed by atoms with Gasteiger partial charge in [-0.15, -0.1) is 0 Å². The number of ether oxygens (including phenoxy) is 1. The molecule has 1 N–H and O–H groups in total. The van der Waals surface area contributed by atoms with Gasteiger partial charge in [0.25, 0.3) is 5.69 Å². The van der Waals surface area contributed by atoms with Crippen molar-refractivity contribution in [2.75, 3.05) is 6.61 Å². The van der Waals surface area contributed by atoms with Crippen LogP contribution in [0, 0.1) is 10.1 Å². The summed E-state index contributed by atoms with van der Waals surface area (Å²) in [6.07, 6.45) is 1.57. The van der Waals surface area contributed by atoms with Crippen LogP contribution in [0.25, 0.3) is 11.0 Å². The number of nitro groups is 1. The molecule has 0 spiro atoms. The van der Waals surface area contributed by atoms with Crippen molar-refractivity contribution in [2.24, 2.45) is 0 Å². The quantitative estimate of drug-likeness (QED) is 0.520. The summed E-state index contributed by atoms with van der Waals surface area (Å²) in [5.74, 6) is 2.00. The normalized spacial score (nSPS) is 15.1. The Morgan fingerprint density at radius 3 is 2.65 bits per heavy atom. The summed E-state index contributed by atoms with van der Waals surface area (Å²) in [6, 6.07) is 13.8. The van der Waals surface area contributed by atoms with E-state index in [9.17, 15) is 15.2 Å². The molecule has 4 rings (SSSR count). The van der Waals surface area contributed by atoms with Gasteiger partial charge in [-0.1, -0.05) is 12.1 Å². The minimum atomic E-state index is -0.708. The van der Waals surface area contributed by atoms with Gasteiger partial charge in [0.1, 0.15) is 24.3 Å². The molecule has 3 aromatic rings. The monoisotopic (exact) mass is 353 g/mol. The number of fused-ring (bicyclic) bond motifs is 1. The Balaban J connectivity index is 1.45. The standard InChI is InChI=1S/C19H19N3O4/c23-15(12-26-16-9-7-14(8-10-16)22(24)25)11-21-18-4-2-1-3-17(18)20-19(21)13-5-6-13/h1-4,7-10,13,15,23H,5-6,11-12H2. The Hall–Kier alpha value is -2.93. The first-order valence-corrected chi connectivity index (χ1v) is 8.62. The number of nitro benzene ring substituents is 1. The number of aromatic nitrogens is 2. The molecular formula is C19H19N3O4. The lowest BCUT2D eigenvalue weighted by atomic mass is 10.3. The van der Waals surface area contributed by atoms with E-state index in [1.54, 1.807) is 0 Å². The summed E-state index contributed by atoms with van der Waals surface area (Å²) in [6.45, 7) is 0.508. The second kappa shape index (κ2) is 6.76. The first kappa shape index (κ1) is 16.5. The predicted molar refractivity (Wildman–Crippen MR) is 96.3 cm³/mol. The zero-order valence-corrected chi connectivity index (χ0v) is 14.1. The van der Waals surface area contributed by atoms with E-state index in [1.807, 2.05) is 24.3 Å². The van der Waals surface area contributed by atoms with Gasteiger partial charge >= 0.3 is 0 Å². The van der Waals surface area contributed by atoms with Gasteiger partial charge in [-0.2, -0.15) is 0 Å². The zero-order valence-electron chi connectivity index (χ0n) is 14.1. The van der Waals surface area contributed by atoms with Crippen molar-refractivity contribution in [2.45, 2.75) is 31.4 Å². The van der Waals surface area contributed by atoms with Crippen LogP contribution in [0.15, 0.2) is 48.5 Å². The van der Waals surface area contributed by atoms with Crippen LogP contribution in [0.1, 0.15) is 24.6 Å². The largest absolute Gasteiger partial charge is 0.491 e. The van der Waals surface area contributed by atoms with Crippen molar-refractivity contribution in [1.29, 1.82) is 0 Å². The summed E-state index contributed by atoms with van der Waals surface area (Å²) in [5, 5.41) is 21.1. The van der Waals surface area contributed by atoms with Gasteiger partial charge in [0.05, 0.1) is 22.5 Å². The van der Waals surface area contributed by atoms with E-state index >= 15 is 0 Å². The molecule has 1 atom stereocenters. The van der Waals surface area contributed by atoms with Crippen molar-refractivity contribution >= 4 is 16.7 Å². The molecule has 1 unspecified atom stereocenters. The molecule has 0 radical (unpaired) electrons.